The molecule has 2 fully saturated rings. The Bertz CT molecular complexity index is 968. The van der Waals surface area contributed by atoms with E-state index in [9.17, 15) is 18.4 Å². The Morgan fingerprint density at radius 2 is 2.00 bits per heavy atom. The largest absolute Gasteiger partial charge is 0.378 e. The number of aromatic nitrogens is 5. The molecule has 2 aromatic heterocycles. The maximum absolute atomic E-state index is 14.2. The van der Waals surface area contributed by atoms with Crippen LogP contribution in [0.4, 0.5) is 8.78 Å². The molecule has 0 saturated carbocycles. The minimum Gasteiger partial charge on any atom is -0.378 e. The van der Waals surface area contributed by atoms with Crippen molar-refractivity contribution in [1.82, 2.24) is 34.6 Å². The summed E-state index contributed by atoms with van der Waals surface area (Å²) in [7, 11) is 0. The Hall–Kier alpha value is -2.89. The van der Waals surface area contributed by atoms with E-state index in [1.807, 2.05) is 6.92 Å². The quantitative estimate of drug-likeness (QED) is 0.687. The molecular formula is C19H25F2N7O3. The highest BCUT2D eigenvalue weighted by Gasteiger charge is 2.47. The molecule has 2 aromatic rings. The first-order chi connectivity index (χ1) is 14.8. The Morgan fingerprint density at radius 1 is 1.26 bits per heavy atom. The molecule has 12 heteroatoms. The fourth-order valence-corrected chi connectivity index (χ4v) is 4.06. The number of ether oxygens (including phenoxy) is 1. The lowest BCUT2D eigenvalue weighted by Crippen LogP contribution is -2.40. The van der Waals surface area contributed by atoms with E-state index in [-0.39, 0.29) is 18.1 Å². The number of morpholine rings is 1. The summed E-state index contributed by atoms with van der Waals surface area (Å²) in [5.41, 5.74) is 1.09. The van der Waals surface area contributed by atoms with Crippen molar-refractivity contribution in [2.45, 2.75) is 45.3 Å². The van der Waals surface area contributed by atoms with Crippen LogP contribution in [0.3, 0.4) is 0 Å². The van der Waals surface area contributed by atoms with Gasteiger partial charge in [0.15, 0.2) is 5.69 Å². The molecule has 0 bridgehead atoms. The number of likely N-dealkylation sites (tertiary alicyclic amines) is 1. The van der Waals surface area contributed by atoms with Crippen molar-refractivity contribution in [1.29, 1.82) is 0 Å². The number of aryl methyl sites for hydroxylation is 1. The number of rotatable bonds is 5. The van der Waals surface area contributed by atoms with Crippen LogP contribution in [0.1, 0.15) is 39.9 Å². The Morgan fingerprint density at radius 3 is 2.68 bits per heavy atom. The molecule has 0 N–H and O–H groups in total. The van der Waals surface area contributed by atoms with Gasteiger partial charge in [-0.25, -0.2) is 13.5 Å². The second kappa shape index (κ2) is 8.33. The summed E-state index contributed by atoms with van der Waals surface area (Å²) in [6.45, 7) is 5.42. The summed E-state index contributed by atoms with van der Waals surface area (Å²) in [5.74, 6) is -3.76. The summed E-state index contributed by atoms with van der Waals surface area (Å²) in [6.07, 6.45) is 2.38. The number of hydrogen-bond donors (Lipinski definition) is 0. The molecule has 2 aliphatic rings. The molecule has 0 spiro atoms. The fourth-order valence-electron chi connectivity index (χ4n) is 4.06. The normalized spacial score (nSPS) is 21.0. The van der Waals surface area contributed by atoms with Gasteiger partial charge in [0.1, 0.15) is 0 Å². The summed E-state index contributed by atoms with van der Waals surface area (Å²) < 4.78 is 36.7. The number of halogens is 2. The number of amides is 2. The van der Waals surface area contributed by atoms with E-state index >= 15 is 0 Å². The van der Waals surface area contributed by atoms with Gasteiger partial charge in [-0.15, -0.1) is 5.10 Å². The Kier molecular flexibility index (Phi) is 5.73. The average Bonchev–Trinajstić information content (AvgIpc) is 3.45. The first-order valence-electron chi connectivity index (χ1n) is 10.3. The highest BCUT2D eigenvalue weighted by atomic mass is 19.3. The maximum Gasteiger partial charge on any atom is 0.276 e. The van der Waals surface area contributed by atoms with Gasteiger partial charge in [0.2, 0.25) is 0 Å². The van der Waals surface area contributed by atoms with Crippen LogP contribution >= 0.6 is 0 Å². The zero-order valence-electron chi connectivity index (χ0n) is 17.5. The van der Waals surface area contributed by atoms with Crippen LogP contribution in [0.2, 0.25) is 0 Å². The third kappa shape index (κ3) is 4.29. The highest BCUT2D eigenvalue weighted by Crippen LogP contribution is 2.34. The van der Waals surface area contributed by atoms with Gasteiger partial charge in [0, 0.05) is 31.7 Å². The van der Waals surface area contributed by atoms with Gasteiger partial charge >= 0.3 is 0 Å². The standard InChI is InChI=1S/C19H25F2N7O3/c1-3-28-13(2)15(9-22-28)17(29)27-12-19(20,21)8-14(27)10-26-11-16(23-24-26)18(30)25-4-6-31-7-5-25/h9,11,14H,3-8,10,12H2,1-2H3/t14-/m0/s1. The molecule has 10 nitrogen and oxygen atoms in total. The Labute approximate surface area is 177 Å². The first-order valence-corrected chi connectivity index (χ1v) is 10.3. The number of nitrogens with zero attached hydrogens (tertiary/aromatic N) is 7. The van der Waals surface area contributed by atoms with Crippen molar-refractivity contribution in [3.63, 3.8) is 0 Å². The predicted molar refractivity (Wildman–Crippen MR) is 104 cm³/mol. The van der Waals surface area contributed by atoms with Gasteiger partial charge in [-0.05, 0) is 13.8 Å². The number of carbonyl (C=O) groups excluding carboxylic acids is 2. The molecule has 4 heterocycles. The van der Waals surface area contributed by atoms with Gasteiger partial charge in [0.05, 0.1) is 50.3 Å². The SMILES string of the molecule is CCn1ncc(C(=O)N2CC(F)(F)C[C@H]2Cn2cc(C(=O)N3CCOCC3)nn2)c1C. The molecule has 0 aromatic carbocycles. The second-order valence-electron chi connectivity index (χ2n) is 7.84. The van der Waals surface area contributed by atoms with E-state index in [1.54, 1.807) is 16.5 Å². The average molecular weight is 437 g/mol. The predicted octanol–water partition coefficient (Wildman–Crippen LogP) is 0.825. The van der Waals surface area contributed by atoms with Gasteiger partial charge in [-0.1, -0.05) is 5.21 Å². The molecule has 31 heavy (non-hydrogen) atoms. The smallest absolute Gasteiger partial charge is 0.276 e. The third-order valence-electron chi connectivity index (χ3n) is 5.72. The number of hydrogen-bond acceptors (Lipinski definition) is 6. The summed E-state index contributed by atoms with van der Waals surface area (Å²) in [4.78, 5) is 28.4. The molecule has 1 atom stereocenters. The summed E-state index contributed by atoms with van der Waals surface area (Å²) in [6, 6.07) is -0.778. The number of alkyl halides is 2. The minimum atomic E-state index is -3.00. The molecule has 2 aliphatic heterocycles. The number of carbonyl (C=O) groups is 2. The lowest BCUT2D eigenvalue weighted by Gasteiger charge is -2.25. The molecule has 2 saturated heterocycles. The van der Waals surface area contributed by atoms with Crippen LogP contribution in [0.25, 0.3) is 0 Å². The zero-order valence-corrected chi connectivity index (χ0v) is 17.5. The van der Waals surface area contributed by atoms with Crippen LogP contribution in [0.5, 0.6) is 0 Å². The molecule has 168 valence electrons. The minimum absolute atomic E-state index is 0.0195. The van der Waals surface area contributed by atoms with E-state index in [1.165, 1.54) is 22.0 Å². The van der Waals surface area contributed by atoms with Gasteiger partial charge in [-0.2, -0.15) is 5.10 Å². The highest BCUT2D eigenvalue weighted by molar-refractivity contribution is 5.95. The molecule has 0 radical (unpaired) electrons. The summed E-state index contributed by atoms with van der Waals surface area (Å²) >= 11 is 0. The van der Waals surface area contributed by atoms with E-state index in [0.29, 0.717) is 44.1 Å². The van der Waals surface area contributed by atoms with Crippen molar-refractivity contribution in [2.24, 2.45) is 0 Å². The topological polar surface area (TPSA) is 98.4 Å². The van der Waals surface area contributed by atoms with Crippen LogP contribution in [-0.2, 0) is 17.8 Å². The molecule has 0 unspecified atom stereocenters. The van der Waals surface area contributed by atoms with Gasteiger partial charge < -0.3 is 14.5 Å². The summed E-state index contributed by atoms with van der Waals surface area (Å²) in [5, 5.41) is 12.0. The monoisotopic (exact) mass is 437 g/mol. The second-order valence-corrected chi connectivity index (χ2v) is 7.84. The van der Waals surface area contributed by atoms with Crippen molar-refractivity contribution in [3.05, 3.63) is 29.3 Å². The van der Waals surface area contributed by atoms with Crippen molar-refractivity contribution < 1.29 is 23.1 Å². The van der Waals surface area contributed by atoms with Gasteiger partial charge in [-0.3, -0.25) is 14.3 Å². The van der Waals surface area contributed by atoms with Crippen molar-refractivity contribution in [3.8, 4) is 0 Å². The molecule has 0 aliphatic carbocycles. The molecular weight excluding hydrogens is 412 g/mol. The van der Waals surface area contributed by atoms with E-state index in [2.05, 4.69) is 15.4 Å². The fraction of sp³-hybridized carbons (Fsp3) is 0.632. The van der Waals surface area contributed by atoms with Crippen molar-refractivity contribution in [2.75, 3.05) is 32.8 Å². The van der Waals surface area contributed by atoms with Gasteiger partial charge in [0.25, 0.3) is 17.7 Å². The van der Waals surface area contributed by atoms with E-state index in [4.69, 9.17) is 4.74 Å². The van der Waals surface area contributed by atoms with Crippen LogP contribution in [-0.4, -0.2) is 91.2 Å². The van der Waals surface area contributed by atoms with E-state index < -0.39 is 30.8 Å². The lowest BCUT2D eigenvalue weighted by molar-refractivity contribution is 0.0117. The van der Waals surface area contributed by atoms with Crippen LogP contribution < -0.4 is 0 Å². The lowest BCUT2D eigenvalue weighted by atomic mass is 10.1. The first kappa shape index (κ1) is 21.3. The zero-order chi connectivity index (χ0) is 22.2. The Balaban J connectivity index is 1.50. The molecule has 2 amide bonds. The van der Waals surface area contributed by atoms with E-state index in [0.717, 1.165) is 0 Å². The van der Waals surface area contributed by atoms with Crippen molar-refractivity contribution >= 4 is 11.8 Å². The van der Waals surface area contributed by atoms with Crippen LogP contribution in [0, 0.1) is 6.92 Å². The third-order valence-corrected chi connectivity index (χ3v) is 5.72. The molecule has 4 rings (SSSR count). The van der Waals surface area contributed by atoms with Crippen LogP contribution in [0.15, 0.2) is 12.4 Å². The maximum atomic E-state index is 14.2.